The summed E-state index contributed by atoms with van der Waals surface area (Å²) in [5.74, 6) is 1.45. The third-order valence-corrected chi connectivity index (χ3v) is 4.36. The highest BCUT2D eigenvalue weighted by atomic mass is 79.9. The van der Waals surface area contributed by atoms with Gasteiger partial charge in [0.2, 0.25) is 0 Å². The summed E-state index contributed by atoms with van der Waals surface area (Å²) in [6, 6.07) is 8.21. The van der Waals surface area contributed by atoms with Crippen LogP contribution in [0.1, 0.15) is 5.69 Å². The predicted molar refractivity (Wildman–Crippen MR) is 87.2 cm³/mol. The number of nitrogens with zero attached hydrogens (tertiary/aromatic N) is 2. The minimum atomic E-state index is 0.438. The lowest BCUT2D eigenvalue weighted by atomic mass is 10.2. The molecule has 0 atom stereocenters. The van der Waals surface area contributed by atoms with Crippen LogP contribution in [-0.4, -0.2) is 30.4 Å². The van der Waals surface area contributed by atoms with Crippen molar-refractivity contribution in [2.75, 3.05) is 25.7 Å². The van der Waals surface area contributed by atoms with Crippen molar-refractivity contribution in [1.29, 1.82) is 0 Å². The minimum Gasteiger partial charge on any atom is -0.378 e. The first-order chi connectivity index (χ1) is 9.69. The average Bonchev–Trinajstić information content (AvgIpc) is 2.49. The zero-order chi connectivity index (χ0) is 14.5. The number of methoxy groups -OCH3 is 1. The maximum atomic E-state index is 5.18. The lowest BCUT2D eigenvalue weighted by molar-refractivity contribution is 0.181. The van der Waals surface area contributed by atoms with Crippen LogP contribution in [0.25, 0.3) is 11.4 Å². The van der Waals surface area contributed by atoms with E-state index < -0.39 is 0 Å². The molecule has 0 fully saturated rings. The molecule has 0 amide bonds. The molecule has 1 heterocycles. The van der Waals surface area contributed by atoms with Gasteiger partial charge < -0.3 is 10.1 Å². The molecular formula is C14H16BrN3OS. The highest BCUT2D eigenvalue weighted by molar-refractivity contribution is 9.10. The van der Waals surface area contributed by atoms with E-state index in [0.29, 0.717) is 12.4 Å². The SMILES string of the molecule is CNc1nc(-c2ccc(SC)cc2)nc(COC)c1Br. The highest BCUT2D eigenvalue weighted by Crippen LogP contribution is 2.28. The van der Waals surface area contributed by atoms with Crippen molar-refractivity contribution in [3.63, 3.8) is 0 Å². The van der Waals surface area contributed by atoms with Crippen molar-refractivity contribution in [3.05, 3.63) is 34.4 Å². The van der Waals surface area contributed by atoms with E-state index in [1.807, 2.05) is 19.2 Å². The van der Waals surface area contributed by atoms with E-state index in [1.54, 1.807) is 18.9 Å². The summed E-state index contributed by atoms with van der Waals surface area (Å²) in [4.78, 5) is 10.3. The Bertz CT molecular complexity index is 590. The van der Waals surface area contributed by atoms with Gasteiger partial charge in [-0.25, -0.2) is 9.97 Å². The second kappa shape index (κ2) is 7.06. The highest BCUT2D eigenvalue weighted by Gasteiger charge is 2.12. The van der Waals surface area contributed by atoms with Crippen LogP contribution in [0.15, 0.2) is 33.6 Å². The van der Waals surface area contributed by atoms with Crippen LogP contribution in [0.2, 0.25) is 0 Å². The van der Waals surface area contributed by atoms with Crippen LogP contribution in [0, 0.1) is 0 Å². The van der Waals surface area contributed by atoms with Crippen molar-refractivity contribution in [2.45, 2.75) is 11.5 Å². The molecule has 6 heteroatoms. The minimum absolute atomic E-state index is 0.438. The van der Waals surface area contributed by atoms with Crippen LogP contribution >= 0.6 is 27.7 Å². The summed E-state index contributed by atoms with van der Waals surface area (Å²) >= 11 is 5.21. The fourth-order valence-corrected chi connectivity index (χ4v) is 2.66. The third kappa shape index (κ3) is 3.31. The quantitative estimate of drug-likeness (QED) is 0.828. The average molecular weight is 354 g/mol. The summed E-state index contributed by atoms with van der Waals surface area (Å²) < 4.78 is 6.02. The maximum absolute atomic E-state index is 5.18. The fraction of sp³-hybridized carbons (Fsp3) is 0.286. The Morgan fingerprint density at radius 3 is 2.50 bits per heavy atom. The predicted octanol–water partition coefficient (Wildman–Crippen LogP) is 3.82. The standard InChI is InChI=1S/C14H16BrN3OS/c1-16-14-12(15)11(8-19-2)17-13(18-14)9-4-6-10(20-3)7-5-9/h4-7H,8H2,1-3H3,(H,16,17,18). The molecule has 1 aromatic carbocycles. The van der Waals surface area contributed by atoms with Crippen molar-refractivity contribution in [2.24, 2.45) is 0 Å². The third-order valence-electron chi connectivity index (χ3n) is 2.79. The Morgan fingerprint density at radius 2 is 1.95 bits per heavy atom. The first kappa shape index (κ1) is 15.3. The van der Waals surface area contributed by atoms with Crippen LogP contribution in [-0.2, 0) is 11.3 Å². The Balaban J connectivity index is 2.46. The molecule has 1 N–H and O–H groups in total. The monoisotopic (exact) mass is 353 g/mol. The molecule has 20 heavy (non-hydrogen) atoms. The van der Waals surface area contributed by atoms with Gasteiger partial charge in [-0.2, -0.15) is 0 Å². The van der Waals surface area contributed by atoms with Crippen molar-refractivity contribution in [1.82, 2.24) is 9.97 Å². The lowest BCUT2D eigenvalue weighted by Gasteiger charge is -2.11. The van der Waals surface area contributed by atoms with E-state index in [1.165, 1.54) is 4.90 Å². The summed E-state index contributed by atoms with van der Waals surface area (Å²) in [6.45, 7) is 0.438. The smallest absolute Gasteiger partial charge is 0.161 e. The molecule has 106 valence electrons. The molecule has 0 saturated carbocycles. The molecule has 0 aliphatic carbocycles. The molecule has 0 unspecified atom stereocenters. The van der Waals surface area contributed by atoms with E-state index >= 15 is 0 Å². The van der Waals surface area contributed by atoms with E-state index in [9.17, 15) is 0 Å². The summed E-state index contributed by atoms with van der Waals surface area (Å²) in [7, 11) is 3.49. The van der Waals surface area contributed by atoms with Gasteiger partial charge in [0.1, 0.15) is 5.82 Å². The number of rotatable bonds is 5. The molecule has 4 nitrogen and oxygen atoms in total. The van der Waals surface area contributed by atoms with Gasteiger partial charge >= 0.3 is 0 Å². The van der Waals surface area contributed by atoms with Crippen LogP contribution in [0.4, 0.5) is 5.82 Å². The number of anilines is 1. The van der Waals surface area contributed by atoms with E-state index in [4.69, 9.17) is 4.74 Å². The maximum Gasteiger partial charge on any atom is 0.161 e. The molecule has 1 aromatic heterocycles. The molecule has 0 aliphatic rings. The largest absolute Gasteiger partial charge is 0.378 e. The first-order valence-electron chi connectivity index (χ1n) is 6.07. The van der Waals surface area contributed by atoms with Crippen LogP contribution in [0.5, 0.6) is 0 Å². The van der Waals surface area contributed by atoms with E-state index in [2.05, 4.69) is 49.6 Å². The molecule has 0 aliphatic heterocycles. The Morgan fingerprint density at radius 1 is 1.25 bits per heavy atom. The molecule has 0 saturated heterocycles. The van der Waals surface area contributed by atoms with Gasteiger partial charge in [-0.3, -0.25) is 0 Å². The number of nitrogens with one attached hydrogen (secondary N) is 1. The van der Waals surface area contributed by atoms with Gasteiger partial charge in [0.05, 0.1) is 16.8 Å². The summed E-state index contributed by atoms with van der Waals surface area (Å²) in [5.41, 5.74) is 1.82. The topological polar surface area (TPSA) is 47.0 Å². The van der Waals surface area contributed by atoms with Gasteiger partial charge in [-0.15, -0.1) is 11.8 Å². The molecule has 0 bridgehead atoms. The second-order valence-corrected chi connectivity index (χ2v) is 5.74. The zero-order valence-electron chi connectivity index (χ0n) is 11.6. The molecule has 0 spiro atoms. The number of benzene rings is 1. The van der Waals surface area contributed by atoms with Gasteiger partial charge in [0.25, 0.3) is 0 Å². The van der Waals surface area contributed by atoms with Crippen molar-refractivity contribution < 1.29 is 4.74 Å². The Kier molecular flexibility index (Phi) is 5.39. The van der Waals surface area contributed by atoms with Gasteiger partial charge in [-0.05, 0) is 34.3 Å². The summed E-state index contributed by atoms with van der Waals surface area (Å²) in [6.07, 6.45) is 2.06. The number of aromatic nitrogens is 2. The van der Waals surface area contributed by atoms with Crippen molar-refractivity contribution in [3.8, 4) is 11.4 Å². The van der Waals surface area contributed by atoms with Crippen LogP contribution in [0.3, 0.4) is 0 Å². The Labute approximate surface area is 131 Å². The van der Waals surface area contributed by atoms with Gasteiger partial charge in [0, 0.05) is 24.6 Å². The number of hydrogen-bond donors (Lipinski definition) is 1. The van der Waals surface area contributed by atoms with Crippen LogP contribution < -0.4 is 5.32 Å². The fourth-order valence-electron chi connectivity index (χ4n) is 1.76. The van der Waals surface area contributed by atoms with Gasteiger partial charge in [-0.1, -0.05) is 12.1 Å². The molecule has 0 radical (unpaired) electrons. The number of ether oxygens (including phenoxy) is 1. The summed E-state index contributed by atoms with van der Waals surface area (Å²) in [5, 5.41) is 3.07. The normalized spacial score (nSPS) is 10.6. The molecule has 2 aromatic rings. The van der Waals surface area contributed by atoms with E-state index in [0.717, 1.165) is 21.5 Å². The zero-order valence-corrected chi connectivity index (χ0v) is 14.0. The first-order valence-corrected chi connectivity index (χ1v) is 8.09. The second-order valence-electron chi connectivity index (χ2n) is 4.07. The number of halogens is 1. The lowest BCUT2D eigenvalue weighted by Crippen LogP contribution is -2.04. The molecule has 2 rings (SSSR count). The number of thioether (sulfide) groups is 1. The number of hydrogen-bond acceptors (Lipinski definition) is 5. The van der Waals surface area contributed by atoms with Crippen molar-refractivity contribution >= 4 is 33.5 Å². The Hall–Kier alpha value is -1.11. The molecular weight excluding hydrogens is 338 g/mol. The van der Waals surface area contributed by atoms with E-state index in [-0.39, 0.29) is 0 Å². The van der Waals surface area contributed by atoms with Gasteiger partial charge in [0.15, 0.2) is 5.82 Å².